The molecule has 53 heavy (non-hydrogen) atoms. The van der Waals surface area contributed by atoms with Crippen molar-refractivity contribution in [2.24, 2.45) is 160 Å². The summed E-state index contributed by atoms with van der Waals surface area (Å²) in [5.41, 5.74) is 3.73. The Balaban J connectivity index is 0.949. The molecule has 2 heteroatoms. The molecular weight excluding hydrogens is 645 g/mol. The van der Waals surface area contributed by atoms with Crippen LogP contribution in [0.1, 0.15) is 76.2 Å². The fraction of sp³-hybridized carbons (Fsp3) is 0.784. The average molecular weight is 705 g/mol. The summed E-state index contributed by atoms with van der Waals surface area (Å²) in [6.45, 7) is 0. The molecule has 0 amide bonds. The lowest BCUT2D eigenvalue weighted by atomic mass is 9.43. The number of rotatable bonds is 5. The fourth-order valence-corrected chi connectivity index (χ4v) is 24.5. The number of methoxy groups -OCH3 is 1. The Labute approximate surface area is 317 Å². The van der Waals surface area contributed by atoms with Gasteiger partial charge in [0.1, 0.15) is 0 Å². The molecule has 28 atom stereocenters. The number of carbonyl (C=O) groups is 1. The molecule has 0 aliphatic heterocycles. The zero-order valence-electron chi connectivity index (χ0n) is 31.8. The monoisotopic (exact) mass is 704 g/mol. The van der Waals surface area contributed by atoms with Crippen molar-refractivity contribution in [2.75, 3.05) is 7.11 Å². The van der Waals surface area contributed by atoms with E-state index in [0.29, 0.717) is 12.3 Å². The summed E-state index contributed by atoms with van der Waals surface area (Å²) in [5.74, 6) is 28.4. The van der Waals surface area contributed by atoms with Gasteiger partial charge in [-0.1, -0.05) is 54.1 Å². The smallest absolute Gasteiger partial charge is 0.305 e. The van der Waals surface area contributed by atoms with Crippen LogP contribution in [0.4, 0.5) is 0 Å². The Morgan fingerprint density at radius 3 is 1.94 bits per heavy atom. The Bertz CT molecular complexity index is 1910. The summed E-state index contributed by atoms with van der Waals surface area (Å²) in [5, 5.41) is 0. The van der Waals surface area contributed by atoms with Gasteiger partial charge in [-0.15, -0.1) is 0 Å². The third kappa shape index (κ3) is 2.99. The maximum atomic E-state index is 12.6. The second-order valence-corrected chi connectivity index (χ2v) is 23.6. The standard InChI is InChI=1S/C51H60O2/c1-53-33(52)11-6-12-51(28-8-3-2-4-9-28)32-10-5-7-21-13-22-14-23-15-24-16-25-17-26-20-31(50(32)51)40-30-19-27-18-29(21)41-37(22)43-34(23)35(24)44-39(25)45(36(26)40)47-42(30)38(27)46(41)48(43)49(44)47/h2-5,7-10,22-27,29-32,34-50H,6,11-20H2,1H3. The minimum absolute atomic E-state index is 0.0169. The topological polar surface area (TPSA) is 26.3 Å². The molecular formula is C51H60O2. The molecule has 16 rings (SSSR count). The summed E-state index contributed by atoms with van der Waals surface area (Å²) >= 11 is 0. The Kier molecular flexibility index (Phi) is 5.16. The summed E-state index contributed by atoms with van der Waals surface area (Å²) in [6.07, 6.45) is 23.8. The molecule has 0 N–H and O–H groups in total. The molecule has 3 bridgehead atoms. The molecule has 0 spiro atoms. The molecule has 0 aromatic heterocycles. The van der Waals surface area contributed by atoms with Gasteiger partial charge in [0.05, 0.1) is 7.11 Å². The number of ether oxygens (including phenoxy) is 1. The van der Waals surface area contributed by atoms with Gasteiger partial charge in [-0.3, -0.25) is 4.79 Å². The molecule has 276 valence electrons. The van der Waals surface area contributed by atoms with Gasteiger partial charge in [0, 0.05) is 11.8 Å². The predicted octanol–water partition coefficient (Wildman–Crippen LogP) is 9.71. The number of hydrogen-bond acceptors (Lipinski definition) is 2. The van der Waals surface area contributed by atoms with Crippen molar-refractivity contribution in [1.82, 2.24) is 0 Å². The highest BCUT2D eigenvalue weighted by molar-refractivity contribution is 5.69. The normalized spacial score (nSPS) is 66.2. The molecule has 1 aromatic carbocycles. The van der Waals surface area contributed by atoms with E-state index in [1.54, 1.807) is 57.6 Å². The van der Waals surface area contributed by atoms with E-state index in [2.05, 4.69) is 48.6 Å². The maximum Gasteiger partial charge on any atom is 0.305 e. The highest BCUT2D eigenvalue weighted by Gasteiger charge is 2.85. The van der Waals surface area contributed by atoms with Crippen LogP contribution >= 0.6 is 0 Å². The molecule has 28 unspecified atom stereocenters. The molecule has 14 fully saturated rings. The molecule has 0 heterocycles. The van der Waals surface area contributed by atoms with E-state index in [4.69, 9.17) is 4.74 Å². The minimum Gasteiger partial charge on any atom is -0.469 e. The number of allylic oxidation sites excluding steroid dienone is 4. The van der Waals surface area contributed by atoms with E-state index in [1.807, 2.05) is 5.57 Å². The molecule has 0 radical (unpaired) electrons. The average Bonchev–Trinajstić information content (AvgIpc) is 3.75. The van der Waals surface area contributed by atoms with E-state index in [0.717, 1.165) is 167 Å². The Morgan fingerprint density at radius 2 is 1.19 bits per heavy atom. The van der Waals surface area contributed by atoms with E-state index in [9.17, 15) is 4.79 Å². The van der Waals surface area contributed by atoms with E-state index >= 15 is 0 Å². The van der Waals surface area contributed by atoms with Crippen molar-refractivity contribution in [2.45, 2.75) is 76.0 Å². The van der Waals surface area contributed by atoms with Gasteiger partial charge in [0.15, 0.2) is 0 Å². The molecule has 0 saturated heterocycles. The first-order valence-electron chi connectivity index (χ1n) is 23.6. The van der Waals surface area contributed by atoms with Crippen molar-refractivity contribution >= 4 is 5.97 Å². The van der Waals surface area contributed by atoms with Crippen molar-refractivity contribution < 1.29 is 9.53 Å². The second-order valence-electron chi connectivity index (χ2n) is 23.6. The number of fused-ring (bicyclic) bond motifs is 2. The van der Waals surface area contributed by atoms with Crippen LogP contribution in [-0.4, -0.2) is 13.1 Å². The van der Waals surface area contributed by atoms with Crippen molar-refractivity contribution in [1.29, 1.82) is 0 Å². The van der Waals surface area contributed by atoms with Gasteiger partial charge in [0.2, 0.25) is 0 Å². The molecule has 15 aliphatic carbocycles. The Hall–Kier alpha value is -1.83. The minimum atomic E-state index is -0.0169. The second kappa shape index (κ2) is 9.31. The summed E-state index contributed by atoms with van der Waals surface area (Å²) in [6, 6.07) is 11.9. The SMILES string of the molecule is COC(=O)CCCC1(c2ccccc2)C2C=CC=C3CC4CC5CC6CC7CC8CC(C9C%10CC%11CC3C3C4C4C5C6C5C7C(C89)C6C%10C%11C3C4C56)C21. The van der Waals surface area contributed by atoms with Gasteiger partial charge in [0.25, 0.3) is 0 Å². The van der Waals surface area contributed by atoms with E-state index in [1.165, 1.54) is 6.42 Å². The van der Waals surface area contributed by atoms with E-state index in [-0.39, 0.29) is 11.4 Å². The number of carbonyl (C=O) groups excluding carboxylic acids is 1. The van der Waals surface area contributed by atoms with Crippen LogP contribution in [-0.2, 0) is 14.9 Å². The molecule has 15 aliphatic rings. The third-order valence-electron chi connectivity index (χ3n) is 23.8. The largest absolute Gasteiger partial charge is 0.469 e. The Morgan fingerprint density at radius 1 is 0.623 bits per heavy atom. The van der Waals surface area contributed by atoms with Crippen LogP contribution in [0.3, 0.4) is 0 Å². The van der Waals surface area contributed by atoms with Crippen molar-refractivity contribution in [3.8, 4) is 0 Å². The predicted molar refractivity (Wildman–Crippen MR) is 202 cm³/mol. The maximum absolute atomic E-state index is 12.6. The first-order valence-corrected chi connectivity index (χ1v) is 23.6. The highest BCUT2D eigenvalue weighted by atomic mass is 16.5. The summed E-state index contributed by atoms with van der Waals surface area (Å²) < 4.78 is 5.23. The van der Waals surface area contributed by atoms with Crippen molar-refractivity contribution in [3.05, 3.63) is 59.7 Å². The van der Waals surface area contributed by atoms with Crippen LogP contribution in [0.2, 0.25) is 0 Å². The first kappa shape index (κ1) is 29.4. The molecule has 14 saturated carbocycles. The lowest BCUT2D eigenvalue weighted by Gasteiger charge is -2.61. The zero-order valence-corrected chi connectivity index (χ0v) is 31.8. The van der Waals surface area contributed by atoms with E-state index < -0.39 is 0 Å². The van der Waals surface area contributed by atoms with Crippen LogP contribution in [0.25, 0.3) is 0 Å². The van der Waals surface area contributed by atoms with Gasteiger partial charge in [-0.25, -0.2) is 0 Å². The first-order chi connectivity index (χ1) is 26.2. The zero-order chi connectivity index (χ0) is 34.0. The quantitative estimate of drug-likeness (QED) is 0.286. The van der Waals surface area contributed by atoms with Crippen LogP contribution in [0.15, 0.2) is 54.1 Å². The van der Waals surface area contributed by atoms with Crippen LogP contribution < -0.4 is 0 Å². The lowest BCUT2D eigenvalue weighted by Crippen LogP contribution is -2.58. The summed E-state index contributed by atoms with van der Waals surface area (Å²) in [7, 11) is 1.58. The van der Waals surface area contributed by atoms with Crippen molar-refractivity contribution in [3.63, 3.8) is 0 Å². The number of benzene rings is 1. The van der Waals surface area contributed by atoms with Gasteiger partial charge in [-0.05, 0) is 230 Å². The highest BCUT2D eigenvalue weighted by Crippen LogP contribution is 2.89. The number of esters is 1. The van der Waals surface area contributed by atoms with Crippen LogP contribution in [0, 0.1) is 160 Å². The lowest BCUT2D eigenvalue weighted by molar-refractivity contribution is -0.145. The van der Waals surface area contributed by atoms with Crippen LogP contribution in [0.5, 0.6) is 0 Å². The summed E-state index contributed by atoms with van der Waals surface area (Å²) in [4.78, 5) is 12.6. The molecule has 2 nitrogen and oxygen atoms in total. The van der Waals surface area contributed by atoms with Gasteiger partial charge < -0.3 is 4.74 Å². The number of hydrogen-bond donors (Lipinski definition) is 0. The third-order valence-corrected chi connectivity index (χ3v) is 23.8. The molecule has 1 aromatic rings. The van der Waals surface area contributed by atoms with Gasteiger partial charge >= 0.3 is 5.97 Å². The fourth-order valence-electron chi connectivity index (χ4n) is 24.5. The van der Waals surface area contributed by atoms with Gasteiger partial charge in [-0.2, -0.15) is 0 Å².